The summed E-state index contributed by atoms with van der Waals surface area (Å²) >= 11 is 0. The van der Waals surface area contributed by atoms with Crippen molar-refractivity contribution in [3.05, 3.63) is 0 Å². The van der Waals surface area contributed by atoms with Gasteiger partial charge >= 0.3 is 0 Å². The molecule has 1 aliphatic carbocycles. The van der Waals surface area contributed by atoms with Gasteiger partial charge in [-0.1, -0.05) is 0 Å². The van der Waals surface area contributed by atoms with Crippen LogP contribution >= 0.6 is 0 Å². The predicted octanol–water partition coefficient (Wildman–Crippen LogP) is 0.450. The summed E-state index contributed by atoms with van der Waals surface area (Å²) in [6.07, 6.45) is 4.28. The number of nitriles is 1. The molecule has 0 unspecified atom stereocenters. The largest absolute Gasteiger partial charge is 0.368 e. The molecule has 0 bridgehead atoms. The molecule has 1 atom stereocenters. The predicted molar refractivity (Wildman–Crippen MR) is 57.9 cm³/mol. The molecule has 5 nitrogen and oxygen atoms in total. The normalized spacial score (nSPS) is 16.2. The highest BCUT2D eigenvalue weighted by Crippen LogP contribution is 2.29. The van der Waals surface area contributed by atoms with Gasteiger partial charge in [-0.05, 0) is 32.1 Å². The summed E-state index contributed by atoms with van der Waals surface area (Å²) in [5, 5.41) is 11.0. The fourth-order valence-corrected chi connectivity index (χ4v) is 1.47. The van der Waals surface area contributed by atoms with Crippen molar-refractivity contribution >= 4 is 11.8 Å². The Morgan fingerprint density at radius 2 is 2.12 bits per heavy atom. The van der Waals surface area contributed by atoms with E-state index in [4.69, 9.17) is 11.0 Å². The van der Waals surface area contributed by atoms with E-state index < -0.39 is 11.9 Å². The van der Waals surface area contributed by atoms with Gasteiger partial charge < -0.3 is 11.1 Å². The standard InChI is InChI=1S/C11H17N3O2/c12-7-3-1-2-4-9(10(13)15)14-11(16)8-5-6-8/h8-9H,1-6H2,(H2,13,15)(H,14,16)/t9-/m1/s1. The second kappa shape index (κ2) is 6.11. The average Bonchev–Trinajstić information content (AvgIpc) is 3.05. The summed E-state index contributed by atoms with van der Waals surface area (Å²) in [6, 6.07) is 1.46. The molecule has 0 radical (unpaired) electrons. The van der Waals surface area contributed by atoms with Crippen LogP contribution in [-0.2, 0) is 9.59 Å². The molecule has 5 heteroatoms. The van der Waals surface area contributed by atoms with Crippen molar-refractivity contribution in [1.82, 2.24) is 5.32 Å². The van der Waals surface area contributed by atoms with E-state index in [-0.39, 0.29) is 11.8 Å². The first-order valence-electron chi connectivity index (χ1n) is 5.61. The highest BCUT2D eigenvalue weighted by atomic mass is 16.2. The lowest BCUT2D eigenvalue weighted by atomic mass is 10.1. The smallest absolute Gasteiger partial charge is 0.239 e. The van der Waals surface area contributed by atoms with E-state index in [0.717, 1.165) is 25.7 Å². The molecular weight excluding hydrogens is 206 g/mol. The molecular formula is C11H17N3O2. The fraction of sp³-hybridized carbons (Fsp3) is 0.727. The van der Waals surface area contributed by atoms with Crippen molar-refractivity contribution in [1.29, 1.82) is 5.26 Å². The van der Waals surface area contributed by atoms with Crippen LogP contribution in [0.3, 0.4) is 0 Å². The van der Waals surface area contributed by atoms with E-state index in [0.29, 0.717) is 12.8 Å². The number of nitrogens with one attached hydrogen (secondary N) is 1. The van der Waals surface area contributed by atoms with Crippen LogP contribution in [0, 0.1) is 17.2 Å². The van der Waals surface area contributed by atoms with Crippen LogP contribution in [0.4, 0.5) is 0 Å². The van der Waals surface area contributed by atoms with Crippen molar-refractivity contribution in [2.75, 3.05) is 0 Å². The van der Waals surface area contributed by atoms with Gasteiger partial charge in [-0.15, -0.1) is 0 Å². The first-order valence-corrected chi connectivity index (χ1v) is 5.61. The molecule has 0 aromatic rings. The van der Waals surface area contributed by atoms with Crippen molar-refractivity contribution < 1.29 is 9.59 Å². The van der Waals surface area contributed by atoms with Crippen LogP contribution < -0.4 is 11.1 Å². The Hall–Kier alpha value is -1.57. The molecule has 0 aliphatic heterocycles. The third kappa shape index (κ3) is 4.30. The van der Waals surface area contributed by atoms with Gasteiger partial charge in [0.1, 0.15) is 6.04 Å². The number of primary amides is 1. The zero-order valence-electron chi connectivity index (χ0n) is 9.24. The number of carbonyl (C=O) groups is 2. The molecule has 16 heavy (non-hydrogen) atoms. The molecule has 0 spiro atoms. The summed E-state index contributed by atoms with van der Waals surface area (Å²) in [4.78, 5) is 22.5. The van der Waals surface area contributed by atoms with Gasteiger partial charge in [0.15, 0.2) is 0 Å². The van der Waals surface area contributed by atoms with E-state index in [1.807, 2.05) is 6.07 Å². The van der Waals surface area contributed by atoms with Gasteiger partial charge in [0.05, 0.1) is 6.07 Å². The highest BCUT2D eigenvalue weighted by molar-refractivity contribution is 5.88. The Bertz CT molecular complexity index is 305. The lowest BCUT2D eigenvalue weighted by Gasteiger charge is -2.14. The van der Waals surface area contributed by atoms with Crippen LogP contribution in [0.5, 0.6) is 0 Å². The summed E-state index contributed by atoms with van der Waals surface area (Å²) in [5.41, 5.74) is 5.20. The van der Waals surface area contributed by atoms with E-state index in [1.165, 1.54) is 0 Å². The van der Waals surface area contributed by atoms with E-state index in [2.05, 4.69) is 5.32 Å². The topological polar surface area (TPSA) is 96.0 Å². The zero-order chi connectivity index (χ0) is 12.0. The van der Waals surface area contributed by atoms with Gasteiger partial charge in [-0.2, -0.15) is 5.26 Å². The molecule has 1 aliphatic rings. The zero-order valence-corrected chi connectivity index (χ0v) is 9.24. The maximum atomic E-state index is 11.4. The molecule has 1 saturated carbocycles. The number of unbranched alkanes of at least 4 members (excludes halogenated alkanes) is 2. The number of hydrogen-bond donors (Lipinski definition) is 2. The number of amides is 2. The summed E-state index contributed by atoms with van der Waals surface area (Å²) in [5.74, 6) is -0.476. The third-order valence-electron chi connectivity index (χ3n) is 2.64. The summed E-state index contributed by atoms with van der Waals surface area (Å²) in [7, 11) is 0. The quantitative estimate of drug-likeness (QED) is 0.613. The second-order valence-electron chi connectivity index (χ2n) is 4.14. The molecule has 0 aromatic heterocycles. The molecule has 2 amide bonds. The number of nitrogens with zero attached hydrogens (tertiary/aromatic N) is 1. The molecule has 0 saturated heterocycles. The van der Waals surface area contributed by atoms with Crippen molar-refractivity contribution in [3.63, 3.8) is 0 Å². The molecule has 0 heterocycles. The Morgan fingerprint density at radius 3 is 2.62 bits per heavy atom. The lowest BCUT2D eigenvalue weighted by Crippen LogP contribution is -2.45. The number of nitrogens with two attached hydrogens (primary N) is 1. The lowest BCUT2D eigenvalue weighted by molar-refractivity contribution is -0.128. The highest BCUT2D eigenvalue weighted by Gasteiger charge is 2.31. The number of hydrogen-bond acceptors (Lipinski definition) is 3. The monoisotopic (exact) mass is 223 g/mol. The van der Waals surface area contributed by atoms with Crippen molar-refractivity contribution in [2.45, 2.75) is 44.6 Å². The van der Waals surface area contributed by atoms with Gasteiger partial charge in [-0.25, -0.2) is 0 Å². The first kappa shape index (κ1) is 12.5. The van der Waals surface area contributed by atoms with E-state index in [9.17, 15) is 9.59 Å². The van der Waals surface area contributed by atoms with Crippen LogP contribution in [0.1, 0.15) is 38.5 Å². The molecule has 1 fully saturated rings. The minimum Gasteiger partial charge on any atom is -0.368 e. The second-order valence-corrected chi connectivity index (χ2v) is 4.14. The molecule has 3 N–H and O–H groups in total. The van der Waals surface area contributed by atoms with Crippen molar-refractivity contribution in [2.24, 2.45) is 11.7 Å². The van der Waals surface area contributed by atoms with Crippen LogP contribution in [0.15, 0.2) is 0 Å². The summed E-state index contributed by atoms with van der Waals surface area (Å²) < 4.78 is 0. The van der Waals surface area contributed by atoms with Crippen LogP contribution in [-0.4, -0.2) is 17.9 Å². The van der Waals surface area contributed by atoms with Gasteiger partial charge in [0.25, 0.3) is 0 Å². The van der Waals surface area contributed by atoms with Gasteiger partial charge in [0, 0.05) is 12.3 Å². The minimum absolute atomic E-state index is 0.0657. The van der Waals surface area contributed by atoms with Gasteiger partial charge in [-0.3, -0.25) is 9.59 Å². The number of carbonyl (C=O) groups excluding carboxylic acids is 2. The molecule has 0 aromatic carbocycles. The Morgan fingerprint density at radius 1 is 1.44 bits per heavy atom. The summed E-state index contributed by atoms with van der Waals surface area (Å²) in [6.45, 7) is 0. The number of rotatable bonds is 7. The SMILES string of the molecule is N#CCCCC[C@@H](NC(=O)C1CC1)C(N)=O. The van der Waals surface area contributed by atoms with Crippen LogP contribution in [0.2, 0.25) is 0 Å². The molecule has 88 valence electrons. The average molecular weight is 223 g/mol. The van der Waals surface area contributed by atoms with Crippen LogP contribution in [0.25, 0.3) is 0 Å². The van der Waals surface area contributed by atoms with E-state index >= 15 is 0 Å². The van der Waals surface area contributed by atoms with Crippen molar-refractivity contribution in [3.8, 4) is 6.07 Å². The first-order chi connectivity index (χ1) is 7.65. The Balaban J connectivity index is 2.26. The Labute approximate surface area is 95.0 Å². The maximum absolute atomic E-state index is 11.4. The van der Waals surface area contributed by atoms with E-state index in [1.54, 1.807) is 0 Å². The fourth-order valence-electron chi connectivity index (χ4n) is 1.47. The van der Waals surface area contributed by atoms with Gasteiger partial charge in [0.2, 0.25) is 11.8 Å². The maximum Gasteiger partial charge on any atom is 0.239 e. The Kier molecular flexibility index (Phi) is 4.77. The minimum atomic E-state index is -0.577. The molecule has 1 rings (SSSR count). The third-order valence-corrected chi connectivity index (χ3v) is 2.64.